The van der Waals surface area contributed by atoms with Gasteiger partial charge in [-0.1, -0.05) is 83.8 Å². The van der Waals surface area contributed by atoms with Gasteiger partial charge in [0, 0.05) is 24.2 Å². The van der Waals surface area contributed by atoms with Crippen molar-refractivity contribution in [3.8, 4) is 12.3 Å². The molecule has 12 aliphatic rings. The molecule has 0 aromatic carbocycles. The zero-order valence-electron chi connectivity index (χ0n) is 68.8. The van der Waals surface area contributed by atoms with Crippen molar-refractivity contribution in [1.29, 1.82) is 0 Å². The number of nitrogens with zero attached hydrogens (tertiary/aromatic N) is 9. The fourth-order valence-corrected chi connectivity index (χ4v) is 28.9. The molecule has 12 fully saturated rings. The molecule has 0 radical (unpaired) electrons. The standard InChI is InChI=1S/C87H129N9O18/c1-11-30-109-73(103)21-12-47(2)58-15-18-61-80-65(38-70(100)85(58,61)8)83(6)28-25-56(32-51(83)35-68(80)98)113-77(107)43-95-42-54(91-93-95)46-111-75(105)23-14-49(4)60-17-20-63-81-66(39-72(102)87(60,63)10)84(7)29-26-57(33-52(84)36-69(81)99)114-78(108)44-96-41-53(90-94-96)45-110-74(104)22-13-48(3)59-16-19-62-79-64(37-71(101)86(59,62)9)82(5)27-24-55(31-50(82)34-67(79)97)112-76(106)40-89-92-88/h1,41-42,47-52,55-72,79-81,97-102H,12-40,43-46H2,2-10H3/t47-,48-,49-,50+,51+,52+,55-,56-,57-,58-,59-,60-,61+,62+,63+,64+,65+,66+,67-,68-,69-,70+,71+,72+,79+,80+,81+,82+,83+,84+,85-,86-,87-/m1/s1. The highest BCUT2D eigenvalue weighted by molar-refractivity contribution is 5.72. The van der Waals surface area contributed by atoms with E-state index in [9.17, 15) is 59.4 Å². The Kier molecular flexibility index (Phi) is 24.7. The summed E-state index contributed by atoms with van der Waals surface area (Å²) in [5.41, 5.74) is 7.74. The maximum Gasteiger partial charge on any atom is 0.328 e. The molecule has 6 N–H and O–H groups in total. The van der Waals surface area contributed by atoms with Crippen molar-refractivity contribution in [1.82, 2.24) is 30.0 Å². The molecule has 2 aromatic rings. The number of carbonyl (C=O) groups excluding carboxylic acids is 6. The van der Waals surface area contributed by atoms with Gasteiger partial charge in [0.2, 0.25) is 0 Å². The molecule has 630 valence electrons. The van der Waals surface area contributed by atoms with Gasteiger partial charge < -0.3 is 59.1 Å². The number of aromatic nitrogens is 6. The third-order valence-electron chi connectivity index (χ3n) is 34.9. The fraction of sp³-hybridized carbons (Fsp3) is 0.862. The lowest BCUT2D eigenvalue weighted by atomic mass is 9.43. The van der Waals surface area contributed by atoms with E-state index >= 15 is 0 Å². The highest BCUT2D eigenvalue weighted by Gasteiger charge is 2.70. The van der Waals surface area contributed by atoms with Crippen molar-refractivity contribution >= 4 is 35.8 Å². The van der Waals surface area contributed by atoms with E-state index in [1.807, 2.05) is 0 Å². The average molecular weight is 1590 g/mol. The second-order valence-corrected chi connectivity index (χ2v) is 39.9. The summed E-state index contributed by atoms with van der Waals surface area (Å²) >= 11 is 0. The van der Waals surface area contributed by atoms with Crippen molar-refractivity contribution in [3.63, 3.8) is 0 Å². The Morgan fingerprint density at radius 1 is 0.482 bits per heavy atom. The molecule has 0 amide bonds. The number of rotatable bonds is 26. The monoisotopic (exact) mass is 1590 g/mol. The summed E-state index contributed by atoms with van der Waals surface area (Å²) < 4.78 is 37.3. The smallest absolute Gasteiger partial charge is 0.328 e. The van der Waals surface area contributed by atoms with Crippen molar-refractivity contribution in [3.05, 3.63) is 34.2 Å². The molecule has 12 saturated carbocycles. The molecule has 0 aliphatic heterocycles. The van der Waals surface area contributed by atoms with E-state index in [2.05, 4.69) is 98.9 Å². The number of hydrogen-bond donors (Lipinski definition) is 6. The van der Waals surface area contributed by atoms with Gasteiger partial charge in [-0.15, -0.1) is 16.6 Å². The lowest BCUT2D eigenvalue weighted by molar-refractivity contribution is -0.210. The molecule has 114 heavy (non-hydrogen) atoms. The Morgan fingerprint density at radius 2 is 0.816 bits per heavy atom. The van der Waals surface area contributed by atoms with Crippen LogP contribution in [0.15, 0.2) is 17.5 Å². The first kappa shape index (κ1) is 84.2. The van der Waals surface area contributed by atoms with Crippen molar-refractivity contribution in [2.45, 2.75) is 317 Å². The van der Waals surface area contributed by atoms with Crippen LogP contribution < -0.4 is 0 Å². The zero-order chi connectivity index (χ0) is 81.3. The van der Waals surface area contributed by atoms with Crippen LogP contribution in [0.1, 0.15) is 247 Å². The maximum atomic E-state index is 13.6. The first-order valence-corrected chi connectivity index (χ1v) is 43.6. The normalized spacial score (nSPS) is 43.0. The quantitative estimate of drug-likeness (QED) is 0.0127. The summed E-state index contributed by atoms with van der Waals surface area (Å²) in [6.07, 6.45) is 21.8. The van der Waals surface area contributed by atoms with Gasteiger partial charge in [-0.25, -0.2) is 9.36 Å². The van der Waals surface area contributed by atoms with E-state index < -0.39 is 65.4 Å². The predicted octanol–water partition coefficient (Wildman–Crippen LogP) is 10.9. The van der Waals surface area contributed by atoms with Crippen LogP contribution in [0, 0.1) is 151 Å². The number of aliphatic hydroxyl groups excluding tert-OH is 6. The molecule has 27 heteroatoms. The zero-order valence-corrected chi connectivity index (χ0v) is 68.8. The summed E-state index contributed by atoms with van der Waals surface area (Å²) in [4.78, 5) is 81.1. The number of fused-ring (bicyclic) bond motifs is 15. The van der Waals surface area contributed by atoms with Gasteiger partial charge in [0.25, 0.3) is 0 Å². The molecule has 12 aliphatic carbocycles. The number of terminal acetylenes is 1. The summed E-state index contributed by atoms with van der Waals surface area (Å²) in [5, 5.41) is 93.0. The Hall–Kier alpha value is -6.27. The van der Waals surface area contributed by atoms with E-state index in [4.69, 9.17) is 40.4 Å². The summed E-state index contributed by atoms with van der Waals surface area (Å²) in [6, 6.07) is 0. The van der Waals surface area contributed by atoms with Crippen LogP contribution in [0.2, 0.25) is 0 Å². The van der Waals surface area contributed by atoms with Crippen LogP contribution in [0.3, 0.4) is 0 Å². The first-order chi connectivity index (χ1) is 54.2. The van der Waals surface area contributed by atoms with Gasteiger partial charge in [0.1, 0.15) is 62.5 Å². The first-order valence-electron chi connectivity index (χ1n) is 43.6. The Balaban J connectivity index is 0.484. The fourth-order valence-electron chi connectivity index (χ4n) is 28.9. The largest absolute Gasteiger partial charge is 0.462 e. The average Bonchev–Trinajstić information content (AvgIpc) is 1.41. The second kappa shape index (κ2) is 33.5. The van der Waals surface area contributed by atoms with Crippen LogP contribution in [0.25, 0.3) is 10.4 Å². The third kappa shape index (κ3) is 15.7. The molecule has 33 atom stereocenters. The Labute approximate surface area is 671 Å². The van der Waals surface area contributed by atoms with Gasteiger partial charge in [0.05, 0.1) is 49.0 Å². The van der Waals surface area contributed by atoms with Crippen molar-refractivity contribution < 1.29 is 87.8 Å². The molecular formula is C87H129N9O18. The molecule has 2 heterocycles. The second-order valence-electron chi connectivity index (χ2n) is 39.9. The molecule has 0 spiro atoms. The minimum atomic E-state index is -0.607. The lowest BCUT2D eigenvalue weighted by Crippen LogP contribution is -2.62. The van der Waals surface area contributed by atoms with E-state index in [0.29, 0.717) is 108 Å². The predicted molar refractivity (Wildman–Crippen MR) is 412 cm³/mol. The van der Waals surface area contributed by atoms with Gasteiger partial charge in [-0.05, 0) is 299 Å². The number of esters is 6. The number of carbonyl (C=O) groups is 6. The van der Waals surface area contributed by atoms with Gasteiger partial charge in [-0.3, -0.25) is 28.8 Å². The number of azide groups is 1. The SMILES string of the molecule is C#CCOC(=O)CC[C@@H](C)[C@H]1CC[C@H]2[C@@H]3[C@H](O)C[C@@H]4C[C@H](OC(=O)Cn5cc(COC(=O)CC[C@@H](C)[C@H]6CC[C@H]7[C@@H]8[C@H](O)C[C@@H]9C[C@H](OC(=O)Cn%10cc(COC(=O)CC[C@@H](C)[C@H]%11CC[C@H]%12[C@@H]%13[C@H](O)C[C@@H]%14C[C@H](OC(=O)CN=[N+]=[N-])CC[C@]%14(C)[C@H]%13C[C@H](O)[C@]%11%12C)nn%10)CC[C@]9(C)[C@H]8C[C@H](O)[C@]67C)nn5)CC[C@]4(C)[C@H]3C[C@H](O)[C@]12C. The Morgan fingerprint density at radius 3 is 1.15 bits per heavy atom. The van der Waals surface area contributed by atoms with Crippen LogP contribution in [-0.2, 0) is 83.5 Å². The summed E-state index contributed by atoms with van der Waals surface area (Å²) in [7, 11) is 0. The molecule has 27 nitrogen and oxygen atoms in total. The molecule has 0 bridgehead atoms. The van der Waals surface area contributed by atoms with E-state index in [0.717, 1.165) is 57.8 Å². The van der Waals surface area contributed by atoms with Crippen molar-refractivity contribution in [2.24, 2.45) is 144 Å². The summed E-state index contributed by atoms with van der Waals surface area (Å²) in [6.45, 7) is 19.1. The van der Waals surface area contributed by atoms with Crippen LogP contribution in [-0.4, -0.2) is 165 Å². The summed E-state index contributed by atoms with van der Waals surface area (Å²) in [5.74, 6) is 1.83. The van der Waals surface area contributed by atoms with Crippen LogP contribution >= 0.6 is 0 Å². The minimum Gasteiger partial charge on any atom is -0.462 e. The lowest BCUT2D eigenvalue weighted by Gasteiger charge is -2.63. The van der Waals surface area contributed by atoms with Gasteiger partial charge >= 0.3 is 35.8 Å². The molecule has 0 unspecified atom stereocenters. The number of ether oxygens (including phenoxy) is 6. The third-order valence-corrected chi connectivity index (χ3v) is 34.9. The minimum absolute atomic E-state index is 0.00133. The number of aliphatic hydroxyl groups is 6. The van der Waals surface area contributed by atoms with Crippen molar-refractivity contribution in [2.75, 3.05) is 13.2 Å². The van der Waals surface area contributed by atoms with Crippen LogP contribution in [0.5, 0.6) is 0 Å². The Bertz CT molecular complexity index is 3920. The van der Waals surface area contributed by atoms with Gasteiger partial charge in [-0.2, -0.15) is 0 Å². The molecule has 2 aromatic heterocycles. The highest BCUT2D eigenvalue weighted by atomic mass is 16.6. The highest BCUT2D eigenvalue weighted by Crippen LogP contribution is 2.73. The molecule has 0 saturated heterocycles. The van der Waals surface area contributed by atoms with Crippen LogP contribution in [0.4, 0.5) is 0 Å². The van der Waals surface area contributed by atoms with E-state index in [1.54, 1.807) is 12.4 Å². The molecule has 14 rings (SSSR count). The van der Waals surface area contributed by atoms with Gasteiger partial charge in [0.15, 0.2) is 6.61 Å². The van der Waals surface area contributed by atoms with E-state index in [-0.39, 0.29) is 223 Å². The number of hydrogen-bond acceptors (Lipinski definition) is 23. The topological polar surface area (TPSA) is 389 Å². The van der Waals surface area contributed by atoms with E-state index in [1.165, 1.54) is 9.36 Å². The molecular weight excluding hydrogens is 1460 g/mol. The maximum absolute atomic E-state index is 13.6.